The van der Waals surface area contributed by atoms with Gasteiger partial charge in [-0.2, -0.15) is 0 Å². The lowest BCUT2D eigenvalue weighted by molar-refractivity contribution is -0.153. The zero-order valence-corrected chi connectivity index (χ0v) is 18.1. The minimum atomic E-state index is -0.0189. The van der Waals surface area contributed by atoms with Crippen LogP contribution >= 0.6 is 0 Å². The molecule has 2 aromatic rings. The fraction of sp³-hybridized carbons (Fsp3) is 0.625. The number of hydrogen-bond donors (Lipinski definition) is 1. The summed E-state index contributed by atoms with van der Waals surface area (Å²) in [5, 5.41) is 0. The minimum absolute atomic E-state index is 0.0189. The SMILES string of the molecule is O=C1CC2(CCCC2)CC(=O)N1CCCOC1CCN(c2nc3ccccc3[nH]2)CC1. The number of benzene rings is 1. The smallest absolute Gasteiger partial charge is 0.229 e. The predicted molar refractivity (Wildman–Crippen MR) is 119 cm³/mol. The molecule has 2 saturated heterocycles. The van der Waals surface area contributed by atoms with Gasteiger partial charge < -0.3 is 14.6 Å². The first-order chi connectivity index (χ1) is 15.1. The molecule has 1 spiro atoms. The normalized spacial score (nSPS) is 22.2. The Morgan fingerprint density at radius 3 is 2.48 bits per heavy atom. The summed E-state index contributed by atoms with van der Waals surface area (Å²) in [5.74, 6) is 0.983. The van der Waals surface area contributed by atoms with Crippen LogP contribution in [0.15, 0.2) is 24.3 Å². The number of piperidine rings is 2. The number of aromatic amines is 1. The lowest BCUT2D eigenvalue weighted by atomic mass is 9.76. The number of imidazole rings is 1. The molecule has 31 heavy (non-hydrogen) atoms. The van der Waals surface area contributed by atoms with Crippen LogP contribution in [0.25, 0.3) is 11.0 Å². The zero-order valence-electron chi connectivity index (χ0n) is 18.1. The van der Waals surface area contributed by atoms with E-state index in [2.05, 4.69) is 14.9 Å². The van der Waals surface area contributed by atoms with E-state index in [1.165, 1.54) is 4.90 Å². The number of imide groups is 1. The Morgan fingerprint density at radius 2 is 1.77 bits per heavy atom. The molecular formula is C24H32N4O3. The highest BCUT2D eigenvalue weighted by Crippen LogP contribution is 2.46. The van der Waals surface area contributed by atoms with E-state index < -0.39 is 0 Å². The molecule has 0 unspecified atom stereocenters. The van der Waals surface area contributed by atoms with E-state index in [9.17, 15) is 9.59 Å². The highest BCUT2D eigenvalue weighted by molar-refractivity contribution is 5.98. The summed E-state index contributed by atoms with van der Waals surface area (Å²) >= 11 is 0. The van der Waals surface area contributed by atoms with Crippen molar-refractivity contribution in [2.75, 3.05) is 31.1 Å². The quantitative estimate of drug-likeness (QED) is 0.566. The van der Waals surface area contributed by atoms with E-state index in [0.29, 0.717) is 32.4 Å². The molecule has 3 heterocycles. The maximum atomic E-state index is 12.5. The molecule has 1 aliphatic carbocycles. The summed E-state index contributed by atoms with van der Waals surface area (Å²) in [6.07, 6.45) is 8.36. The van der Waals surface area contributed by atoms with Crippen LogP contribution in [-0.2, 0) is 14.3 Å². The monoisotopic (exact) mass is 424 g/mol. The number of rotatable bonds is 6. The second-order valence-corrected chi connectivity index (χ2v) is 9.49. The van der Waals surface area contributed by atoms with Crippen LogP contribution < -0.4 is 4.90 Å². The van der Waals surface area contributed by atoms with E-state index in [-0.39, 0.29) is 23.3 Å². The highest BCUT2D eigenvalue weighted by Gasteiger charge is 2.44. The first-order valence-electron chi connectivity index (χ1n) is 11.8. The second kappa shape index (κ2) is 8.61. The molecule has 1 saturated carbocycles. The zero-order chi connectivity index (χ0) is 21.3. The molecule has 1 aromatic carbocycles. The van der Waals surface area contributed by atoms with Gasteiger partial charge in [0.05, 0.1) is 17.1 Å². The second-order valence-electron chi connectivity index (χ2n) is 9.49. The Labute approximate surface area is 183 Å². The fourth-order valence-electron chi connectivity index (χ4n) is 5.56. The Bertz CT molecular complexity index is 888. The van der Waals surface area contributed by atoms with Crippen molar-refractivity contribution in [3.8, 4) is 0 Å². The number of aromatic nitrogens is 2. The minimum Gasteiger partial charge on any atom is -0.378 e. The highest BCUT2D eigenvalue weighted by atomic mass is 16.5. The standard InChI is InChI=1S/C24H32N4O3/c29-21-16-24(10-3-4-11-24)17-22(30)28(21)12-5-15-31-18-8-13-27(14-9-18)23-25-19-6-1-2-7-20(19)26-23/h1-2,6-7,18H,3-5,8-17H2,(H,25,26). The van der Waals surface area contributed by atoms with E-state index >= 15 is 0 Å². The van der Waals surface area contributed by atoms with E-state index in [1.807, 2.05) is 24.3 Å². The molecular weight excluding hydrogens is 392 g/mol. The van der Waals surface area contributed by atoms with Gasteiger partial charge in [-0.1, -0.05) is 25.0 Å². The Morgan fingerprint density at radius 1 is 1.06 bits per heavy atom. The number of likely N-dealkylation sites (tertiary alicyclic amines) is 1. The maximum absolute atomic E-state index is 12.5. The molecule has 2 aliphatic heterocycles. The molecule has 7 heteroatoms. The van der Waals surface area contributed by atoms with Gasteiger partial charge >= 0.3 is 0 Å². The van der Waals surface area contributed by atoms with Crippen LogP contribution in [0.2, 0.25) is 0 Å². The molecule has 5 rings (SSSR count). The van der Waals surface area contributed by atoms with Crippen molar-refractivity contribution in [2.45, 2.75) is 63.9 Å². The van der Waals surface area contributed by atoms with Crippen molar-refractivity contribution in [2.24, 2.45) is 5.41 Å². The molecule has 3 fully saturated rings. The third kappa shape index (κ3) is 4.33. The third-order valence-electron chi connectivity index (χ3n) is 7.32. The first-order valence-corrected chi connectivity index (χ1v) is 11.8. The first kappa shape index (κ1) is 20.5. The van der Waals surface area contributed by atoms with Crippen LogP contribution in [0.3, 0.4) is 0 Å². The predicted octanol–water partition coefficient (Wildman–Crippen LogP) is 3.65. The average Bonchev–Trinajstić information content (AvgIpc) is 3.40. The number of nitrogens with zero attached hydrogens (tertiary/aromatic N) is 3. The number of carbonyl (C=O) groups is 2. The van der Waals surface area contributed by atoms with Crippen LogP contribution in [0.4, 0.5) is 5.95 Å². The molecule has 0 radical (unpaired) electrons. The number of anilines is 1. The largest absolute Gasteiger partial charge is 0.378 e. The molecule has 3 aliphatic rings. The van der Waals surface area contributed by atoms with Gasteiger partial charge in [0.15, 0.2) is 0 Å². The number of carbonyl (C=O) groups excluding carboxylic acids is 2. The molecule has 0 atom stereocenters. The Kier molecular flexibility index (Phi) is 5.69. The number of ether oxygens (including phenoxy) is 1. The van der Waals surface area contributed by atoms with Crippen molar-refractivity contribution >= 4 is 28.8 Å². The average molecular weight is 425 g/mol. The van der Waals surface area contributed by atoms with Gasteiger partial charge in [-0.05, 0) is 49.7 Å². The van der Waals surface area contributed by atoms with E-state index in [1.54, 1.807) is 0 Å². The molecule has 166 valence electrons. The van der Waals surface area contributed by atoms with Crippen molar-refractivity contribution in [1.82, 2.24) is 14.9 Å². The van der Waals surface area contributed by atoms with Crippen LogP contribution in [-0.4, -0.2) is 59.0 Å². The van der Waals surface area contributed by atoms with Gasteiger partial charge in [0.1, 0.15) is 0 Å². The van der Waals surface area contributed by atoms with Crippen LogP contribution in [0.1, 0.15) is 57.8 Å². The number of nitrogens with one attached hydrogen (secondary N) is 1. The van der Waals surface area contributed by atoms with Gasteiger partial charge in [-0.25, -0.2) is 4.98 Å². The summed E-state index contributed by atoms with van der Waals surface area (Å²) in [4.78, 5) is 36.9. The molecule has 1 aromatic heterocycles. The van der Waals surface area contributed by atoms with Crippen molar-refractivity contribution < 1.29 is 14.3 Å². The molecule has 7 nitrogen and oxygen atoms in total. The van der Waals surface area contributed by atoms with Gasteiger partial charge in [-0.3, -0.25) is 14.5 Å². The Hall–Kier alpha value is -2.41. The third-order valence-corrected chi connectivity index (χ3v) is 7.32. The van der Waals surface area contributed by atoms with Crippen LogP contribution in [0, 0.1) is 5.41 Å². The van der Waals surface area contributed by atoms with E-state index in [0.717, 1.165) is 68.6 Å². The van der Waals surface area contributed by atoms with Gasteiger partial charge in [-0.15, -0.1) is 0 Å². The fourth-order valence-corrected chi connectivity index (χ4v) is 5.56. The number of hydrogen-bond acceptors (Lipinski definition) is 5. The molecule has 1 N–H and O–H groups in total. The topological polar surface area (TPSA) is 78.5 Å². The van der Waals surface area contributed by atoms with Crippen molar-refractivity contribution in [3.63, 3.8) is 0 Å². The maximum Gasteiger partial charge on any atom is 0.229 e. The summed E-state index contributed by atoms with van der Waals surface area (Å²) in [6, 6.07) is 8.09. The number of para-hydroxylation sites is 2. The molecule has 0 bridgehead atoms. The summed E-state index contributed by atoms with van der Waals surface area (Å²) < 4.78 is 6.07. The van der Waals surface area contributed by atoms with Crippen molar-refractivity contribution in [1.29, 1.82) is 0 Å². The van der Waals surface area contributed by atoms with Gasteiger partial charge in [0, 0.05) is 39.1 Å². The van der Waals surface area contributed by atoms with E-state index in [4.69, 9.17) is 4.74 Å². The summed E-state index contributed by atoms with van der Waals surface area (Å²) in [7, 11) is 0. The summed E-state index contributed by atoms with van der Waals surface area (Å²) in [6.45, 7) is 2.91. The lowest BCUT2D eigenvalue weighted by Crippen LogP contribution is -2.47. The lowest BCUT2D eigenvalue weighted by Gasteiger charge is -2.37. The van der Waals surface area contributed by atoms with Gasteiger partial charge in [0.2, 0.25) is 17.8 Å². The number of fused-ring (bicyclic) bond motifs is 1. The molecule has 2 amide bonds. The number of amides is 2. The van der Waals surface area contributed by atoms with Crippen LogP contribution in [0.5, 0.6) is 0 Å². The van der Waals surface area contributed by atoms with Crippen molar-refractivity contribution in [3.05, 3.63) is 24.3 Å². The van der Waals surface area contributed by atoms with Gasteiger partial charge in [0.25, 0.3) is 0 Å². The number of H-pyrrole nitrogens is 1. The summed E-state index contributed by atoms with van der Waals surface area (Å²) in [5.41, 5.74) is 2.04. The Balaban J connectivity index is 1.04.